The minimum atomic E-state index is -0.657. The molecule has 1 aromatic heterocycles. The van der Waals surface area contributed by atoms with Crippen LogP contribution in [0.4, 0.5) is 0 Å². The van der Waals surface area contributed by atoms with E-state index >= 15 is 0 Å². The standard InChI is InChI=1S/C21H20N4O/c1-21(12-19(26)25(2)20(22)24-21)16-7-3-5-14(11-16)17-8-4-6-15-13-23-10-9-18(15)17/h3-11,13H,12H2,1-2H3,(H2,22,24). The van der Waals surface area contributed by atoms with E-state index in [2.05, 4.69) is 34.2 Å². The van der Waals surface area contributed by atoms with Gasteiger partial charge in [0.1, 0.15) is 0 Å². The number of nitrogens with two attached hydrogens (primary N) is 1. The molecule has 0 bridgehead atoms. The number of amides is 1. The Morgan fingerprint density at radius 2 is 1.96 bits per heavy atom. The summed E-state index contributed by atoms with van der Waals surface area (Å²) < 4.78 is 0. The molecule has 0 aliphatic carbocycles. The molecule has 0 spiro atoms. The van der Waals surface area contributed by atoms with E-state index in [9.17, 15) is 4.79 Å². The van der Waals surface area contributed by atoms with Crippen molar-refractivity contribution >= 4 is 22.6 Å². The first kappa shape index (κ1) is 16.3. The first-order chi connectivity index (χ1) is 12.5. The van der Waals surface area contributed by atoms with Crippen molar-refractivity contribution in [3.05, 3.63) is 66.5 Å². The number of aromatic nitrogens is 1. The number of fused-ring (bicyclic) bond motifs is 1. The molecule has 130 valence electrons. The molecule has 5 nitrogen and oxygen atoms in total. The van der Waals surface area contributed by atoms with Crippen LogP contribution in [0.3, 0.4) is 0 Å². The second-order valence-electron chi connectivity index (χ2n) is 6.86. The minimum absolute atomic E-state index is 0.0263. The third kappa shape index (κ3) is 2.62. The fraction of sp³-hybridized carbons (Fsp3) is 0.190. The van der Waals surface area contributed by atoms with Gasteiger partial charge in [0.2, 0.25) is 5.91 Å². The van der Waals surface area contributed by atoms with Crippen molar-refractivity contribution in [1.82, 2.24) is 9.88 Å². The zero-order valence-electron chi connectivity index (χ0n) is 14.8. The lowest BCUT2D eigenvalue weighted by Crippen LogP contribution is -2.47. The summed E-state index contributed by atoms with van der Waals surface area (Å²) in [5, 5.41) is 2.24. The summed E-state index contributed by atoms with van der Waals surface area (Å²) in [6.45, 7) is 1.96. The van der Waals surface area contributed by atoms with Gasteiger partial charge in [0.25, 0.3) is 0 Å². The Balaban J connectivity index is 1.84. The van der Waals surface area contributed by atoms with Gasteiger partial charge in [0, 0.05) is 24.8 Å². The molecule has 2 N–H and O–H groups in total. The van der Waals surface area contributed by atoms with Crippen LogP contribution in [0.25, 0.3) is 21.9 Å². The number of nitrogens with zero attached hydrogens (tertiary/aromatic N) is 3. The molecule has 0 fully saturated rings. The van der Waals surface area contributed by atoms with E-state index in [1.165, 1.54) is 4.90 Å². The van der Waals surface area contributed by atoms with E-state index in [1.807, 2.05) is 37.4 Å². The van der Waals surface area contributed by atoms with Crippen LogP contribution >= 0.6 is 0 Å². The van der Waals surface area contributed by atoms with E-state index in [1.54, 1.807) is 13.2 Å². The Morgan fingerprint density at radius 3 is 2.77 bits per heavy atom. The van der Waals surface area contributed by atoms with Crippen molar-refractivity contribution in [3.8, 4) is 11.1 Å². The zero-order chi connectivity index (χ0) is 18.3. The molecule has 2 heterocycles. The molecule has 5 heteroatoms. The second-order valence-corrected chi connectivity index (χ2v) is 6.86. The number of carbonyl (C=O) groups is 1. The van der Waals surface area contributed by atoms with Crippen molar-refractivity contribution in [2.45, 2.75) is 18.9 Å². The number of pyridine rings is 1. The molecule has 0 radical (unpaired) electrons. The Kier molecular flexibility index (Phi) is 3.72. The van der Waals surface area contributed by atoms with Crippen LogP contribution in [0.15, 0.2) is 65.9 Å². The normalized spacial score (nSPS) is 20.3. The Hall–Kier alpha value is -3.21. The molecule has 1 unspecified atom stereocenters. The van der Waals surface area contributed by atoms with E-state index in [0.717, 1.165) is 27.5 Å². The van der Waals surface area contributed by atoms with Gasteiger partial charge < -0.3 is 5.73 Å². The summed E-state index contributed by atoms with van der Waals surface area (Å²) in [6.07, 6.45) is 3.97. The van der Waals surface area contributed by atoms with Crippen LogP contribution < -0.4 is 5.73 Å². The second kappa shape index (κ2) is 5.95. The monoisotopic (exact) mass is 344 g/mol. The maximum atomic E-state index is 12.3. The fourth-order valence-electron chi connectivity index (χ4n) is 3.47. The molecule has 26 heavy (non-hydrogen) atoms. The largest absolute Gasteiger partial charge is 0.369 e. The van der Waals surface area contributed by atoms with Crippen LogP contribution in [0.2, 0.25) is 0 Å². The van der Waals surface area contributed by atoms with Crippen LogP contribution in [-0.2, 0) is 10.3 Å². The number of hydrogen-bond donors (Lipinski definition) is 1. The molecule has 1 aliphatic rings. The molecule has 1 atom stereocenters. The van der Waals surface area contributed by atoms with Gasteiger partial charge in [-0.2, -0.15) is 0 Å². The summed E-state index contributed by atoms with van der Waals surface area (Å²) >= 11 is 0. The summed E-state index contributed by atoms with van der Waals surface area (Å²) in [4.78, 5) is 22.5. The topological polar surface area (TPSA) is 71.6 Å². The molecule has 0 saturated heterocycles. The average molecular weight is 344 g/mol. The molecular weight excluding hydrogens is 324 g/mol. The van der Waals surface area contributed by atoms with Crippen LogP contribution in [-0.4, -0.2) is 28.8 Å². The van der Waals surface area contributed by atoms with Crippen molar-refractivity contribution in [2.24, 2.45) is 10.7 Å². The van der Waals surface area contributed by atoms with E-state index in [-0.39, 0.29) is 11.9 Å². The van der Waals surface area contributed by atoms with E-state index in [4.69, 9.17) is 5.73 Å². The van der Waals surface area contributed by atoms with Gasteiger partial charge >= 0.3 is 0 Å². The molecule has 1 aliphatic heterocycles. The Labute approximate surface area is 152 Å². The molecule has 0 saturated carbocycles. The Bertz CT molecular complexity index is 1040. The summed E-state index contributed by atoms with van der Waals surface area (Å²) in [5.41, 5.74) is 8.49. The lowest BCUT2D eigenvalue weighted by atomic mass is 9.85. The van der Waals surface area contributed by atoms with Gasteiger partial charge in [-0.25, -0.2) is 4.99 Å². The molecule has 1 amide bonds. The highest BCUT2D eigenvalue weighted by Gasteiger charge is 2.36. The van der Waals surface area contributed by atoms with E-state index < -0.39 is 5.54 Å². The van der Waals surface area contributed by atoms with Gasteiger partial charge in [-0.05, 0) is 41.1 Å². The highest BCUT2D eigenvalue weighted by Crippen LogP contribution is 2.36. The Morgan fingerprint density at radius 1 is 1.15 bits per heavy atom. The minimum Gasteiger partial charge on any atom is -0.369 e. The van der Waals surface area contributed by atoms with Crippen molar-refractivity contribution in [1.29, 1.82) is 0 Å². The number of rotatable bonds is 2. The maximum absolute atomic E-state index is 12.3. The molecule has 3 aromatic rings. The number of aliphatic imine (C=N–C) groups is 1. The van der Waals surface area contributed by atoms with Gasteiger partial charge in [0.05, 0.1) is 12.0 Å². The van der Waals surface area contributed by atoms with Gasteiger partial charge in [-0.15, -0.1) is 0 Å². The first-order valence-corrected chi connectivity index (χ1v) is 8.53. The van der Waals surface area contributed by atoms with Gasteiger partial charge in [-0.3, -0.25) is 14.7 Å². The summed E-state index contributed by atoms with van der Waals surface area (Å²) in [6, 6.07) is 16.4. The van der Waals surface area contributed by atoms with Crippen LogP contribution in [0.5, 0.6) is 0 Å². The van der Waals surface area contributed by atoms with E-state index in [0.29, 0.717) is 6.42 Å². The third-order valence-corrected chi connectivity index (χ3v) is 5.05. The summed E-state index contributed by atoms with van der Waals surface area (Å²) in [5.74, 6) is 0.229. The third-order valence-electron chi connectivity index (χ3n) is 5.05. The van der Waals surface area contributed by atoms with Crippen LogP contribution in [0, 0.1) is 0 Å². The predicted molar refractivity (Wildman–Crippen MR) is 104 cm³/mol. The number of benzene rings is 2. The van der Waals surface area contributed by atoms with Gasteiger partial charge in [-0.1, -0.05) is 36.4 Å². The van der Waals surface area contributed by atoms with Gasteiger partial charge in [0.15, 0.2) is 5.96 Å². The summed E-state index contributed by atoms with van der Waals surface area (Å²) in [7, 11) is 1.65. The first-order valence-electron chi connectivity index (χ1n) is 8.53. The quantitative estimate of drug-likeness (QED) is 0.775. The van der Waals surface area contributed by atoms with Crippen molar-refractivity contribution < 1.29 is 4.79 Å². The molecular formula is C21H20N4O. The average Bonchev–Trinajstić information content (AvgIpc) is 2.66. The highest BCUT2D eigenvalue weighted by atomic mass is 16.2. The number of hydrogen-bond acceptors (Lipinski definition) is 4. The molecule has 2 aromatic carbocycles. The maximum Gasteiger partial charge on any atom is 0.231 e. The van der Waals surface area contributed by atoms with Crippen LogP contribution in [0.1, 0.15) is 18.9 Å². The van der Waals surface area contributed by atoms with Crippen molar-refractivity contribution in [2.75, 3.05) is 7.05 Å². The smallest absolute Gasteiger partial charge is 0.231 e. The zero-order valence-corrected chi connectivity index (χ0v) is 14.8. The number of guanidine groups is 1. The van der Waals surface area contributed by atoms with Crippen molar-refractivity contribution in [3.63, 3.8) is 0 Å². The number of carbonyl (C=O) groups excluding carboxylic acids is 1. The fourth-order valence-corrected chi connectivity index (χ4v) is 3.47. The lowest BCUT2D eigenvalue weighted by molar-refractivity contribution is -0.128. The molecule has 4 rings (SSSR count). The SMILES string of the molecule is CN1C(=O)CC(C)(c2cccc(-c3cccc4cnccc34)c2)N=C1N. The highest BCUT2D eigenvalue weighted by molar-refractivity contribution is 5.99. The lowest BCUT2D eigenvalue weighted by Gasteiger charge is -2.33. The predicted octanol–water partition coefficient (Wildman–Crippen LogP) is 3.29.